The number of amides is 1. The molecule has 0 bridgehead atoms. The predicted octanol–water partition coefficient (Wildman–Crippen LogP) is -0.335. The summed E-state index contributed by atoms with van der Waals surface area (Å²) < 4.78 is 0. The van der Waals surface area contributed by atoms with Crippen molar-refractivity contribution < 1.29 is 44.1 Å². The van der Waals surface area contributed by atoms with Gasteiger partial charge >= 0.3 is 17.9 Å². The summed E-state index contributed by atoms with van der Waals surface area (Å²) in [6, 6.07) is 0. The molecule has 14 heteroatoms. The van der Waals surface area contributed by atoms with Crippen molar-refractivity contribution in [2.45, 2.75) is 45.4 Å². The molecule has 1 fully saturated rings. The van der Waals surface area contributed by atoms with Crippen LogP contribution in [0.4, 0.5) is 0 Å². The SMILES string of the molecule is CCCCC(C=O)CC(=O)N(C)CCCC(=O)CN1CCN(CC(=O)O)CCN(CC(=O)O)CCN(CC(=O)O)CC1. The zero-order valence-electron chi connectivity index (χ0n) is 25.1. The van der Waals surface area contributed by atoms with Crippen LogP contribution in [0.3, 0.4) is 0 Å². The van der Waals surface area contributed by atoms with E-state index in [4.69, 9.17) is 0 Å². The van der Waals surface area contributed by atoms with Gasteiger partial charge in [0.25, 0.3) is 0 Å². The lowest BCUT2D eigenvalue weighted by Crippen LogP contribution is -2.49. The molecule has 0 saturated carbocycles. The van der Waals surface area contributed by atoms with Crippen molar-refractivity contribution in [2.75, 3.05) is 92.1 Å². The van der Waals surface area contributed by atoms with Crippen molar-refractivity contribution in [3.8, 4) is 0 Å². The first kappa shape index (κ1) is 37.1. The zero-order valence-corrected chi connectivity index (χ0v) is 25.1. The normalized spacial score (nSPS) is 17.5. The Kier molecular flexibility index (Phi) is 18.4. The van der Waals surface area contributed by atoms with Gasteiger partial charge in [0.05, 0.1) is 26.2 Å². The highest BCUT2D eigenvalue weighted by molar-refractivity contribution is 5.81. The molecule has 1 atom stereocenters. The van der Waals surface area contributed by atoms with E-state index >= 15 is 0 Å². The number of ketones is 1. The Labute approximate surface area is 248 Å². The molecule has 1 amide bonds. The lowest BCUT2D eigenvalue weighted by molar-refractivity contribution is -0.140. The van der Waals surface area contributed by atoms with Crippen LogP contribution < -0.4 is 0 Å². The second-order valence-corrected chi connectivity index (χ2v) is 11.0. The summed E-state index contributed by atoms with van der Waals surface area (Å²) in [5.74, 6) is -3.50. The number of carboxylic acid groups (broad SMARTS) is 3. The molecule has 1 aliphatic heterocycles. The second-order valence-electron chi connectivity index (χ2n) is 11.0. The molecule has 240 valence electrons. The number of aldehydes is 1. The van der Waals surface area contributed by atoms with E-state index in [9.17, 15) is 44.1 Å². The van der Waals surface area contributed by atoms with E-state index in [1.165, 1.54) is 0 Å². The summed E-state index contributed by atoms with van der Waals surface area (Å²) in [7, 11) is 1.66. The summed E-state index contributed by atoms with van der Waals surface area (Å²) in [5, 5.41) is 28.0. The standard InChI is InChI=1S/C28H49N5O9/c1-3-4-6-23(22-34)17-25(36)29(2)8-5-7-24(35)18-30-9-11-31(19-26(37)38)13-15-33(21-28(41)42)16-14-32(12-10-30)20-27(39)40/h22-23H,3-21H2,1-2H3,(H,37,38)(H,39,40)(H,41,42). The van der Waals surface area contributed by atoms with Crippen LogP contribution in [0.5, 0.6) is 0 Å². The van der Waals surface area contributed by atoms with Crippen molar-refractivity contribution in [2.24, 2.45) is 5.92 Å². The number of aliphatic carboxylic acids is 3. The van der Waals surface area contributed by atoms with Crippen LogP contribution in [-0.4, -0.2) is 168 Å². The van der Waals surface area contributed by atoms with Crippen LogP contribution in [-0.2, 0) is 28.8 Å². The molecule has 1 heterocycles. The van der Waals surface area contributed by atoms with Crippen molar-refractivity contribution in [3.63, 3.8) is 0 Å². The Morgan fingerprint density at radius 3 is 1.48 bits per heavy atom. The van der Waals surface area contributed by atoms with Gasteiger partial charge in [-0.05, 0) is 12.8 Å². The quantitative estimate of drug-likeness (QED) is 0.174. The molecule has 1 aliphatic rings. The van der Waals surface area contributed by atoms with Gasteiger partial charge in [0.15, 0.2) is 0 Å². The molecule has 3 N–H and O–H groups in total. The number of rotatable bonds is 18. The van der Waals surface area contributed by atoms with Crippen LogP contribution in [0, 0.1) is 5.92 Å². The van der Waals surface area contributed by atoms with Crippen molar-refractivity contribution in [3.05, 3.63) is 0 Å². The average molecular weight is 600 g/mol. The van der Waals surface area contributed by atoms with Crippen molar-refractivity contribution in [1.82, 2.24) is 24.5 Å². The molecule has 42 heavy (non-hydrogen) atoms. The number of carbonyl (C=O) groups excluding carboxylic acids is 3. The van der Waals surface area contributed by atoms with Gasteiger partial charge in [-0.3, -0.25) is 43.6 Å². The minimum atomic E-state index is -1.02. The number of Topliss-reactive ketones (excluding diaryl/α,β-unsaturated/α-hetero) is 1. The molecule has 1 unspecified atom stereocenters. The van der Waals surface area contributed by atoms with E-state index in [0.29, 0.717) is 71.7 Å². The Hall–Kier alpha value is -2.94. The van der Waals surface area contributed by atoms with Crippen LogP contribution in [0.15, 0.2) is 0 Å². The number of nitrogens with zero attached hydrogens (tertiary/aromatic N) is 5. The van der Waals surface area contributed by atoms with Crippen LogP contribution in [0.25, 0.3) is 0 Å². The lowest BCUT2D eigenvalue weighted by Gasteiger charge is -2.32. The third-order valence-corrected chi connectivity index (χ3v) is 7.34. The molecule has 0 radical (unpaired) electrons. The first-order valence-electron chi connectivity index (χ1n) is 14.7. The smallest absolute Gasteiger partial charge is 0.317 e. The highest BCUT2D eigenvalue weighted by Gasteiger charge is 2.21. The third-order valence-electron chi connectivity index (χ3n) is 7.34. The number of hydrogen-bond donors (Lipinski definition) is 3. The van der Waals surface area contributed by atoms with Crippen LogP contribution in [0.2, 0.25) is 0 Å². The second kappa shape index (κ2) is 20.9. The third kappa shape index (κ3) is 17.1. The lowest BCUT2D eigenvalue weighted by atomic mass is 9.99. The first-order chi connectivity index (χ1) is 19.9. The molecule has 0 aromatic rings. The Balaban J connectivity index is 2.77. The predicted molar refractivity (Wildman–Crippen MR) is 154 cm³/mol. The zero-order chi connectivity index (χ0) is 31.5. The Morgan fingerprint density at radius 2 is 1.12 bits per heavy atom. The highest BCUT2D eigenvalue weighted by atomic mass is 16.4. The maximum atomic E-state index is 12.9. The highest BCUT2D eigenvalue weighted by Crippen LogP contribution is 2.12. The Morgan fingerprint density at radius 1 is 0.714 bits per heavy atom. The monoisotopic (exact) mass is 599 g/mol. The largest absolute Gasteiger partial charge is 0.480 e. The molecular weight excluding hydrogens is 550 g/mol. The number of carbonyl (C=O) groups is 6. The van der Waals surface area contributed by atoms with Gasteiger partial charge in [-0.25, -0.2) is 0 Å². The fraction of sp³-hybridized carbons (Fsp3) is 0.786. The fourth-order valence-corrected chi connectivity index (χ4v) is 4.82. The summed E-state index contributed by atoms with van der Waals surface area (Å²) in [6.07, 6.45) is 4.22. The molecular formula is C28H49N5O9. The fourth-order valence-electron chi connectivity index (χ4n) is 4.82. The van der Waals surface area contributed by atoms with Gasteiger partial charge in [0.1, 0.15) is 12.1 Å². The maximum absolute atomic E-state index is 12.9. The minimum Gasteiger partial charge on any atom is -0.480 e. The number of hydrogen-bond acceptors (Lipinski definition) is 10. The minimum absolute atomic E-state index is 0.0427. The van der Waals surface area contributed by atoms with E-state index in [-0.39, 0.29) is 56.6 Å². The molecule has 0 aromatic heterocycles. The van der Waals surface area contributed by atoms with Gasteiger partial charge in [-0.15, -0.1) is 0 Å². The van der Waals surface area contributed by atoms with E-state index < -0.39 is 17.9 Å². The topological polar surface area (TPSA) is 179 Å². The van der Waals surface area contributed by atoms with E-state index in [1.54, 1.807) is 26.6 Å². The van der Waals surface area contributed by atoms with Crippen molar-refractivity contribution in [1.29, 1.82) is 0 Å². The van der Waals surface area contributed by atoms with Gasteiger partial charge in [-0.2, -0.15) is 0 Å². The number of unbranched alkanes of at least 4 members (excludes halogenated alkanes) is 1. The van der Waals surface area contributed by atoms with Gasteiger partial charge < -0.3 is 25.0 Å². The molecule has 1 rings (SSSR count). The average Bonchev–Trinajstić information content (AvgIpc) is 2.91. The molecule has 0 spiro atoms. The van der Waals surface area contributed by atoms with Gasteiger partial charge in [-0.1, -0.05) is 19.8 Å². The van der Waals surface area contributed by atoms with Crippen molar-refractivity contribution >= 4 is 35.9 Å². The van der Waals surface area contributed by atoms with Gasteiger partial charge in [0, 0.05) is 84.7 Å². The molecule has 1 saturated heterocycles. The molecule has 14 nitrogen and oxygen atoms in total. The molecule has 0 aromatic carbocycles. The maximum Gasteiger partial charge on any atom is 0.317 e. The summed E-state index contributed by atoms with van der Waals surface area (Å²) in [6.45, 7) is 4.49. The summed E-state index contributed by atoms with van der Waals surface area (Å²) >= 11 is 0. The van der Waals surface area contributed by atoms with Crippen LogP contribution in [0.1, 0.15) is 45.4 Å². The summed E-state index contributed by atoms with van der Waals surface area (Å²) in [4.78, 5) is 79.3. The van der Waals surface area contributed by atoms with E-state index in [1.807, 2.05) is 11.8 Å². The number of carboxylic acids is 3. The van der Waals surface area contributed by atoms with Gasteiger partial charge in [0.2, 0.25) is 5.91 Å². The molecule has 0 aliphatic carbocycles. The van der Waals surface area contributed by atoms with E-state index in [0.717, 1.165) is 19.1 Å². The van der Waals surface area contributed by atoms with Crippen LogP contribution >= 0.6 is 0 Å². The Bertz CT molecular complexity index is 856. The summed E-state index contributed by atoms with van der Waals surface area (Å²) in [5.41, 5.74) is 0. The first-order valence-corrected chi connectivity index (χ1v) is 14.7. The van der Waals surface area contributed by atoms with E-state index in [2.05, 4.69) is 0 Å².